The van der Waals surface area contributed by atoms with E-state index in [4.69, 9.17) is 9.72 Å². The second kappa shape index (κ2) is 10.1. The molecule has 1 amide bonds. The van der Waals surface area contributed by atoms with Crippen molar-refractivity contribution in [1.29, 1.82) is 0 Å². The van der Waals surface area contributed by atoms with Gasteiger partial charge in [0.1, 0.15) is 10.8 Å². The SMILES string of the molecule is CCOc1ccc(Sc2cc(C(=O)NCCc3ccccc3)c3ccccc3n2)cc1. The van der Waals surface area contributed by atoms with Gasteiger partial charge in [-0.05, 0) is 55.3 Å². The molecule has 0 fully saturated rings. The van der Waals surface area contributed by atoms with Gasteiger partial charge in [-0.1, -0.05) is 60.3 Å². The summed E-state index contributed by atoms with van der Waals surface area (Å²) in [4.78, 5) is 18.8. The Kier molecular flexibility index (Phi) is 6.85. The minimum Gasteiger partial charge on any atom is -0.494 e. The molecule has 0 saturated carbocycles. The normalized spacial score (nSPS) is 10.7. The fourth-order valence-electron chi connectivity index (χ4n) is 3.34. The summed E-state index contributed by atoms with van der Waals surface area (Å²) >= 11 is 1.53. The van der Waals surface area contributed by atoms with Crippen LogP contribution in [0.3, 0.4) is 0 Å². The van der Waals surface area contributed by atoms with Gasteiger partial charge in [0.05, 0.1) is 17.7 Å². The van der Waals surface area contributed by atoms with Crippen LogP contribution in [0.15, 0.2) is 94.9 Å². The first-order chi connectivity index (χ1) is 15.2. The first kappa shape index (κ1) is 20.9. The van der Waals surface area contributed by atoms with Crippen molar-refractivity contribution in [1.82, 2.24) is 10.3 Å². The topological polar surface area (TPSA) is 51.2 Å². The number of nitrogens with zero attached hydrogens (tertiary/aromatic N) is 1. The van der Waals surface area contributed by atoms with E-state index in [2.05, 4.69) is 17.4 Å². The number of carbonyl (C=O) groups excluding carboxylic acids is 1. The van der Waals surface area contributed by atoms with Gasteiger partial charge in [-0.25, -0.2) is 4.98 Å². The number of hydrogen-bond donors (Lipinski definition) is 1. The predicted octanol–water partition coefficient (Wildman–Crippen LogP) is 5.76. The zero-order valence-electron chi connectivity index (χ0n) is 17.4. The maximum Gasteiger partial charge on any atom is 0.252 e. The second-order valence-electron chi connectivity index (χ2n) is 7.02. The van der Waals surface area contributed by atoms with Crippen molar-refractivity contribution < 1.29 is 9.53 Å². The highest BCUT2D eigenvalue weighted by atomic mass is 32.2. The Hall–Kier alpha value is -3.31. The van der Waals surface area contributed by atoms with Gasteiger partial charge in [0, 0.05) is 16.8 Å². The first-order valence-electron chi connectivity index (χ1n) is 10.4. The molecule has 0 aliphatic heterocycles. The molecule has 0 atom stereocenters. The third kappa shape index (κ3) is 5.44. The van der Waals surface area contributed by atoms with Crippen molar-refractivity contribution in [3.8, 4) is 5.75 Å². The van der Waals surface area contributed by atoms with Crippen LogP contribution in [-0.2, 0) is 6.42 Å². The van der Waals surface area contributed by atoms with E-state index in [1.807, 2.05) is 79.7 Å². The Balaban J connectivity index is 1.53. The quantitative estimate of drug-likeness (QED) is 0.388. The lowest BCUT2D eigenvalue weighted by atomic mass is 10.1. The lowest BCUT2D eigenvalue weighted by Gasteiger charge is -2.11. The highest BCUT2D eigenvalue weighted by Gasteiger charge is 2.13. The maximum absolute atomic E-state index is 13.0. The molecule has 31 heavy (non-hydrogen) atoms. The van der Waals surface area contributed by atoms with Gasteiger partial charge < -0.3 is 10.1 Å². The molecule has 0 bridgehead atoms. The number of benzene rings is 3. The molecule has 0 radical (unpaired) electrons. The van der Waals surface area contributed by atoms with Gasteiger partial charge in [-0.15, -0.1) is 0 Å². The lowest BCUT2D eigenvalue weighted by molar-refractivity contribution is 0.0955. The van der Waals surface area contributed by atoms with Crippen LogP contribution in [0.4, 0.5) is 0 Å². The van der Waals surface area contributed by atoms with Gasteiger partial charge in [-0.2, -0.15) is 0 Å². The Bertz CT molecular complexity index is 1160. The fraction of sp³-hybridized carbons (Fsp3) is 0.154. The number of nitrogens with one attached hydrogen (secondary N) is 1. The molecule has 4 nitrogen and oxygen atoms in total. The van der Waals surface area contributed by atoms with Crippen LogP contribution in [0, 0.1) is 0 Å². The summed E-state index contributed by atoms with van der Waals surface area (Å²) in [6.07, 6.45) is 0.795. The van der Waals surface area contributed by atoms with E-state index in [0.717, 1.165) is 33.0 Å². The minimum atomic E-state index is -0.0805. The molecule has 156 valence electrons. The molecule has 1 N–H and O–H groups in total. The van der Waals surface area contributed by atoms with Crippen LogP contribution >= 0.6 is 11.8 Å². The molecule has 5 heteroatoms. The van der Waals surface area contributed by atoms with Crippen LogP contribution in [-0.4, -0.2) is 24.0 Å². The molecule has 4 rings (SSSR count). The van der Waals surface area contributed by atoms with E-state index in [-0.39, 0.29) is 5.91 Å². The number of amides is 1. The van der Waals surface area contributed by atoms with Crippen LogP contribution in [0.1, 0.15) is 22.8 Å². The number of fused-ring (bicyclic) bond motifs is 1. The Morgan fingerprint density at radius 1 is 0.968 bits per heavy atom. The third-order valence-electron chi connectivity index (χ3n) is 4.84. The number of para-hydroxylation sites is 1. The van der Waals surface area contributed by atoms with Crippen LogP contribution < -0.4 is 10.1 Å². The van der Waals surface area contributed by atoms with Gasteiger partial charge in [-0.3, -0.25) is 4.79 Å². The predicted molar refractivity (Wildman–Crippen MR) is 126 cm³/mol. The van der Waals surface area contributed by atoms with Gasteiger partial charge in [0.15, 0.2) is 0 Å². The van der Waals surface area contributed by atoms with Crippen molar-refractivity contribution >= 4 is 28.6 Å². The number of hydrogen-bond acceptors (Lipinski definition) is 4. The average Bonchev–Trinajstić information content (AvgIpc) is 2.80. The summed E-state index contributed by atoms with van der Waals surface area (Å²) in [7, 11) is 0. The summed E-state index contributed by atoms with van der Waals surface area (Å²) in [5.74, 6) is 0.764. The van der Waals surface area contributed by atoms with E-state index in [1.54, 1.807) is 0 Å². The summed E-state index contributed by atoms with van der Waals surface area (Å²) in [6, 6.07) is 27.7. The third-order valence-corrected chi connectivity index (χ3v) is 5.76. The Labute approximate surface area is 186 Å². The van der Waals surface area contributed by atoms with Gasteiger partial charge in [0.2, 0.25) is 0 Å². The molecule has 3 aromatic carbocycles. The number of ether oxygens (including phenoxy) is 1. The van der Waals surface area contributed by atoms with E-state index < -0.39 is 0 Å². The highest BCUT2D eigenvalue weighted by molar-refractivity contribution is 7.99. The average molecular weight is 429 g/mol. The first-order valence-corrected chi connectivity index (χ1v) is 11.2. The van der Waals surface area contributed by atoms with Crippen molar-refractivity contribution in [2.45, 2.75) is 23.3 Å². The van der Waals surface area contributed by atoms with Crippen LogP contribution in [0.25, 0.3) is 10.9 Å². The second-order valence-corrected chi connectivity index (χ2v) is 8.12. The molecule has 0 saturated heterocycles. The summed E-state index contributed by atoms with van der Waals surface area (Å²) < 4.78 is 5.51. The van der Waals surface area contributed by atoms with Gasteiger partial charge in [0.25, 0.3) is 5.91 Å². The van der Waals surface area contributed by atoms with Crippen molar-refractivity contribution in [2.24, 2.45) is 0 Å². The maximum atomic E-state index is 13.0. The number of carbonyl (C=O) groups is 1. The molecule has 0 spiro atoms. The van der Waals surface area contributed by atoms with Gasteiger partial charge >= 0.3 is 0 Å². The van der Waals surface area contributed by atoms with E-state index >= 15 is 0 Å². The van der Waals surface area contributed by atoms with E-state index in [1.165, 1.54) is 17.3 Å². The molecule has 4 aromatic rings. The van der Waals surface area contributed by atoms with Crippen molar-refractivity contribution in [3.63, 3.8) is 0 Å². The number of aromatic nitrogens is 1. The molecule has 1 aromatic heterocycles. The molecular formula is C26H24N2O2S. The smallest absolute Gasteiger partial charge is 0.252 e. The standard InChI is InChI=1S/C26H24N2O2S/c1-2-30-20-12-14-21(15-13-20)31-25-18-23(22-10-6-7-11-24(22)28-25)26(29)27-17-16-19-8-4-3-5-9-19/h3-15,18H,2,16-17H2,1H3,(H,27,29). The zero-order chi connectivity index (χ0) is 21.5. The molecule has 0 aliphatic rings. The fourth-order valence-corrected chi connectivity index (χ4v) is 4.18. The monoisotopic (exact) mass is 428 g/mol. The Morgan fingerprint density at radius 2 is 1.71 bits per heavy atom. The molecular weight excluding hydrogens is 404 g/mol. The number of pyridine rings is 1. The van der Waals surface area contributed by atoms with E-state index in [9.17, 15) is 4.79 Å². The zero-order valence-corrected chi connectivity index (χ0v) is 18.2. The Morgan fingerprint density at radius 3 is 2.48 bits per heavy atom. The summed E-state index contributed by atoms with van der Waals surface area (Å²) in [5, 5.41) is 4.70. The summed E-state index contributed by atoms with van der Waals surface area (Å²) in [6.45, 7) is 3.19. The molecule has 0 aliphatic carbocycles. The largest absolute Gasteiger partial charge is 0.494 e. The van der Waals surface area contributed by atoms with Crippen LogP contribution in [0.2, 0.25) is 0 Å². The lowest BCUT2D eigenvalue weighted by Crippen LogP contribution is -2.26. The molecule has 1 heterocycles. The molecule has 0 unspecified atom stereocenters. The van der Waals surface area contributed by atoms with Crippen molar-refractivity contribution in [2.75, 3.05) is 13.2 Å². The highest BCUT2D eigenvalue weighted by Crippen LogP contribution is 2.31. The van der Waals surface area contributed by atoms with E-state index in [0.29, 0.717) is 18.7 Å². The summed E-state index contributed by atoms with van der Waals surface area (Å²) in [5.41, 5.74) is 2.66. The van der Waals surface area contributed by atoms with Crippen LogP contribution in [0.5, 0.6) is 5.75 Å². The number of rotatable bonds is 8. The minimum absolute atomic E-state index is 0.0805. The van der Waals surface area contributed by atoms with Crippen molar-refractivity contribution in [3.05, 3.63) is 96.1 Å².